The maximum Gasteiger partial charge on any atom is 0.314 e. The second-order valence-electron chi connectivity index (χ2n) is 13.3. The van der Waals surface area contributed by atoms with Crippen LogP contribution in [0.2, 0.25) is 0 Å². The molecule has 8 N–H and O–H groups in total. The van der Waals surface area contributed by atoms with Gasteiger partial charge in [0, 0.05) is 43.1 Å². The van der Waals surface area contributed by atoms with Crippen molar-refractivity contribution in [2.24, 2.45) is 0 Å². The summed E-state index contributed by atoms with van der Waals surface area (Å²) in [6.45, 7) is 4.40. The van der Waals surface area contributed by atoms with Gasteiger partial charge in [0.2, 0.25) is 0 Å². The van der Waals surface area contributed by atoms with Crippen LogP contribution in [0.25, 0.3) is 11.1 Å². The SMILES string of the molecule is Cc1cc(CNC2(c3cnccc3-c3ccccc3OC3CC3)CC2)c(C)cc1CCCCNC(=O)NC[C@H](O)[C@@H](O)[C@H](O)[C@H](O)CO. The van der Waals surface area contributed by atoms with Crippen molar-refractivity contribution in [3.63, 3.8) is 0 Å². The number of unbranched alkanes of at least 4 members (excludes halogenated alkanes) is 1. The number of hydrogen-bond acceptors (Lipinski definition) is 9. The molecule has 0 spiro atoms. The van der Waals surface area contributed by atoms with E-state index in [0.717, 1.165) is 62.8 Å². The fraction of sp³-hybridized carbons (Fsp3) is 0.514. The Bertz CT molecular complexity index is 1530. The van der Waals surface area contributed by atoms with E-state index >= 15 is 0 Å². The molecule has 260 valence electrons. The molecule has 2 fully saturated rings. The van der Waals surface area contributed by atoms with E-state index < -0.39 is 37.1 Å². The van der Waals surface area contributed by atoms with E-state index in [0.29, 0.717) is 12.6 Å². The lowest BCUT2D eigenvalue weighted by Crippen LogP contribution is -2.50. The first kappa shape index (κ1) is 35.7. The molecule has 11 nitrogen and oxygen atoms in total. The van der Waals surface area contributed by atoms with Crippen molar-refractivity contribution in [1.82, 2.24) is 20.9 Å². The number of rotatable bonds is 18. The Kier molecular flexibility index (Phi) is 12.1. The van der Waals surface area contributed by atoms with Gasteiger partial charge in [0.25, 0.3) is 0 Å². The molecule has 1 aromatic heterocycles. The average Bonchev–Trinajstić information content (AvgIpc) is 4.04. The number of amides is 2. The molecule has 4 atom stereocenters. The van der Waals surface area contributed by atoms with Gasteiger partial charge < -0.3 is 46.2 Å². The Labute approximate surface area is 282 Å². The second kappa shape index (κ2) is 16.2. The topological polar surface area (TPSA) is 176 Å². The number of nitrogens with zero attached hydrogens (tertiary/aromatic N) is 1. The van der Waals surface area contributed by atoms with Crippen LogP contribution in [0.4, 0.5) is 4.79 Å². The van der Waals surface area contributed by atoms with Crippen molar-refractivity contribution < 1.29 is 35.1 Å². The smallest absolute Gasteiger partial charge is 0.314 e. The number of aliphatic hydroxyl groups excluding tert-OH is 5. The van der Waals surface area contributed by atoms with Crippen molar-refractivity contribution in [1.29, 1.82) is 0 Å². The molecule has 0 radical (unpaired) electrons. The van der Waals surface area contributed by atoms with E-state index in [1.54, 1.807) is 0 Å². The number of carbonyl (C=O) groups excluding carboxylic acids is 1. The fourth-order valence-corrected chi connectivity index (χ4v) is 6.08. The second-order valence-corrected chi connectivity index (χ2v) is 13.3. The van der Waals surface area contributed by atoms with Gasteiger partial charge >= 0.3 is 6.03 Å². The normalized spacial score (nSPS) is 17.6. The zero-order chi connectivity index (χ0) is 34.3. The molecule has 48 heavy (non-hydrogen) atoms. The van der Waals surface area contributed by atoms with Crippen LogP contribution in [0.3, 0.4) is 0 Å². The molecule has 0 bridgehead atoms. The quantitative estimate of drug-likeness (QED) is 0.0953. The number of nitrogens with one attached hydrogen (secondary N) is 3. The summed E-state index contributed by atoms with van der Waals surface area (Å²) in [5.74, 6) is 0.940. The summed E-state index contributed by atoms with van der Waals surface area (Å²) in [7, 11) is 0. The summed E-state index contributed by atoms with van der Waals surface area (Å²) in [6, 6.07) is 14.5. The van der Waals surface area contributed by atoms with Crippen LogP contribution >= 0.6 is 0 Å². The summed E-state index contributed by atoms with van der Waals surface area (Å²) < 4.78 is 6.26. The fourth-order valence-electron chi connectivity index (χ4n) is 6.08. The molecule has 2 saturated carbocycles. The predicted octanol–water partition coefficient (Wildman–Crippen LogP) is 2.74. The molecule has 2 amide bonds. The third-order valence-electron chi connectivity index (χ3n) is 9.45. The molecule has 2 aliphatic rings. The lowest BCUT2D eigenvalue weighted by molar-refractivity contribution is -0.113. The minimum atomic E-state index is -1.73. The van der Waals surface area contributed by atoms with Gasteiger partial charge in [-0.3, -0.25) is 4.98 Å². The van der Waals surface area contributed by atoms with Crippen molar-refractivity contribution in [2.45, 2.75) is 101 Å². The summed E-state index contributed by atoms with van der Waals surface area (Å²) in [5.41, 5.74) is 8.43. The zero-order valence-corrected chi connectivity index (χ0v) is 27.9. The Morgan fingerprint density at radius 2 is 1.65 bits per heavy atom. The summed E-state index contributed by atoms with van der Waals surface area (Å²) in [6.07, 6.45) is 4.51. The highest BCUT2D eigenvalue weighted by molar-refractivity contribution is 5.75. The third-order valence-corrected chi connectivity index (χ3v) is 9.45. The van der Waals surface area contributed by atoms with E-state index in [1.807, 2.05) is 18.5 Å². The van der Waals surface area contributed by atoms with E-state index in [1.165, 1.54) is 33.4 Å². The molecule has 0 saturated heterocycles. The van der Waals surface area contributed by atoms with Crippen molar-refractivity contribution in [2.75, 3.05) is 19.7 Å². The molecular formula is C37H50N4O7. The summed E-state index contributed by atoms with van der Waals surface area (Å²) in [4.78, 5) is 16.6. The summed E-state index contributed by atoms with van der Waals surface area (Å²) in [5, 5.41) is 56.8. The summed E-state index contributed by atoms with van der Waals surface area (Å²) >= 11 is 0. The van der Waals surface area contributed by atoms with E-state index in [4.69, 9.17) is 9.84 Å². The van der Waals surface area contributed by atoms with Crippen LogP contribution in [-0.4, -0.2) is 86.8 Å². The molecule has 3 aromatic rings. The average molecular weight is 663 g/mol. The standard InChI is InChI=1S/C37H50N4O7/c1-23-18-26(24(2)17-25(23)7-5-6-15-39-36(47)40-21-31(43)34(45)35(46)32(44)22-42)19-41-37(13-14-37)30-20-38-16-12-28(30)29-8-3-4-9-33(29)48-27-10-11-27/h3-4,8-9,12,16-18,20,27,31-32,34-35,41-46H,5-7,10-11,13-15,19,21-22H2,1-2H3,(H2,39,40,47)/t31-,32+,34+,35+/m0/s1. The number of aryl methyl sites for hydroxylation is 3. The number of aromatic nitrogens is 1. The van der Waals surface area contributed by atoms with Gasteiger partial charge in [-0.15, -0.1) is 0 Å². The van der Waals surface area contributed by atoms with Crippen molar-refractivity contribution in [3.05, 3.63) is 82.7 Å². The molecule has 11 heteroatoms. The number of urea groups is 1. The lowest BCUT2D eigenvalue weighted by Gasteiger charge is -2.25. The minimum Gasteiger partial charge on any atom is -0.490 e. The zero-order valence-electron chi connectivity index (χ0n) is 27.9. The van der Waals surface area contributed by atoms with Gasteiger partial charge in [-0.25, -0.2) is 4.79 Å². The highest BCUT2D eigenvalue weighted by atomic mass is 16.5. The van der Waals surface area contributed by atoms with Crippen LogP contribution in [0.1, 0.15) is 66.3 Å². The van der Waals surface area contributed by atoms with Gasteiger partial charge in [-0.05, 0) is 104 Å². The maximum absolute atomic E-state index is 12.1. The van der Waals surface area contributed by atoms with Crippen LogP contribution < -0.4 is 20.7 Å². The molecule has 2 aliphatic carbocycles. The van der Waals surface area contributed by atoms with Gasteiger partial charge in [-0.2, -0.15) is 0 Å². The molecule has 1 heterocycles. The Morgan fingerprint density at radius 1 is 0.938 bits per heavy atom. The first-order valence-corrected chi connectivity index (χ1v) is 17.0. The molecule has 0 unspecified atom stereocenters. The highest BCUT2D eigenvalue weighted by Gasteiger charge is 2.46. The molecule has 2 aromatic carbocycles. The van der Waals surface area contributed by atoms with Crippen LogP contribution in [0.15, 0.2) is 54.9 Å². The highest BCUT2D eigenvalue weighted by Crippen LogP contribution is 2.50. The molecule has 5 rings (SSSR count). The largest absolute Gasteiger partial charge is 0.490 e. The molecule has 0 aliphatic heterocycles. The number of ether oxygens (including phenoxy) is 1. The maximum atomic E-state index is 12.1. The van der Waals surface area contributed by atoms with Crippen molar-refractivity contribution >= 4 is 6.03 Å². The lowest BCUT2D eigenvalue weighted by atomic mass is 9.93. The Balaban J connectivity index is 1.09. The van der Waals surface area contributed by atoms with Gasteiger partial charge in [0.1, 0.15) is 24.1 Å². The number of aliphatic hydroxyl groups is 5. The Hall–Kier alpha value is -3.58. The van der Waals surface area contributed by atoms with Gasteiger partial charge in [0.05, 0.1) is 18.8 Å². The first-order valence-electron chi connectivity index (χ1n) is 17.0. The van der Waals surface area contributed by atoms with E-state index in [-0.39, 0.29) is 12.1 Å². The number of benzene rings is 2. The number of carbonyl (C=O) groups is 1. The first-order chi connectivity index (χ1) is 23.1. The number of pyridine rings is 1. The van der Waals surface area contributed by atoms with Gasteiger partial charge in [0.15, 0.2) is 0 Å². The number of para-hydroxylation sites is 1. The van der Waals surface area contributed by atoms with Crippen molar-refractivity contribution in [3.8, 4) is 16.9 Å². The monoisotopic (exact) mass is 662 g/mol. The predicted molar refractivity (Wildman–Crippen MR) is 182 cm³/mol. The minimum absolute atomic E-state index is 0.115. The van der Waals surface area contributed by atoms with Gasteiger partial charge in [-0.1, -0.05) is 30.3 Å². The Morgan fingerprint density at radius 3 is 2.38 bits per heavy atom. The van der Waals surface area contributed by atoms with E-state index in [2.05, 4.69) is 71.2 Å². The molecular weight excluding hydrogens is 612 g/mol. The van der Waals surface area contributed by atoms with E-state index in [9.17, 15) is 25.2 Å². The van der Waals surface area contributed by atoms with Crippen LogP contribution in [-0.2, 0) is 18.5 Å². The third kappa shape index (κ3) is 9.10. The van der Waals surface area contributed by atoms with Crippen LogP contribution in [0, 0.1) is 13.8 Å². The van der Waals surface area contributed by atoms with Crippen LogP contribution in [0.5, 0.6) is 5.75 Å². The number of hydrogen-bond donors (Lipinski definition) is 8.